The first kappa shape index (κ1) is 14.8. The van der Waals surface area contributed by atoms with E-state index in [1.165, 1.54) is 0 Å². The van der Waals surface area contributed by atoms with Crippen molar-refractivity contribution < 1.29 is 4.79 Å². The number of carbonyl (C=O) groups excluding carboxylic acids is 1. The van der Waals surface area contributed by atoms with Crippen molar-refractivity contribution in [3.63, 3.8) is 0 Å². The number of nitrogens with one attached hydrogen (secondary N) is 1. The van der Waals surface area contributed by atoms with Crippen LogP contribution in [-0.4, -0.2) is 34.8 Å². The van der Waals surface area contributed by atoms with Gasteiger partial charge in [0.2, 0.25) is 5.95 Å². The number of rotatable bonds is 4. The minimum atomic E-state index is -0.230. The highest BCUT2D eigenvalue weighted by atomic mass is 16.1. The fourth-order valence-electron chi connectivity index (χ4n) is 2.11. The Hall–Kier alpha value is -3.15. The second-order valence-electron chi connectivity index (χ2n) is 5.24. The average molecular weight is 307 g/mol. The number of benzene rings is 2. The summed E-state index contributed by atoms with van der Waals surface area (Å²) in [5, 5.41) is 6.97. The maximum absolute atomic E-state index is 12.1. The summed E-state index contributed by atoms with van der Waals surface area (Å²) in [5.41, 5.74) is 2.55. The van der Waals surface area contributed by atoms with E-state index < -0.39 is 0 Å². The van der Waals surface area contributed by atoms with E-state index >= 15 is 0 Å². The van der Waals surface area contributed by atoms with E-state index in [4.69, 9.17) is 0 Å². The number of anilines is 2. The first-order chi connectivity index (χ1) is 11.1. The fourth-order valence-corrected chi connectivity index (χ4v) is 2.11. The van der Waals surface area contributed by atoms with Gasteiger partial charge < -0.3 is 4.90 Å². The molecule has 3 rings (SSSR count). The number of amides is 1. The Balaban J connectivity index is 1.74. The van der Waals surface area contributed by atoms with E-state index in [1.807, 2.05) is 61.5 Å². The third kappa shape index (κ3) is 3.37. The van der Waals surface area contributed by atoms with Gasteiger partial charge in [-0.3, -0.25) is 10.1 Å². The van der Waals surface area contributed by atoms with Crippen LogP contribution in [0.4, 0.5) is 11.6 Å². The smallest absolute Gasteiger partial charge is 0.258 e. The van der Waals surface area contributed by atoms with Crippen molar-refractivity contribution in [3.05, 3.63) is 66.5 Å². The third-order valence-electron chi connectivity index (χ3n) is 3.38. The van der Waals surface area contributed by atoms with Gasteiger partial charge in [0.1, 0.15) is 6.33 Å². The molecule has 0 atom stereocenters. The number of nitrogens with zero attached hydrogens (tertiary/aromatic N) is 4. The van der Waals surface area contributed by atoms with E-state index in [9.17, 15) is 4.79 Å². The van der Waals surface area contributed by atoms with Crippen molar-refractivity contribution in [2.45, 2.75) is 0 Å². The van der Waals surface area contributed by atoms with Crippen LogP contribution in [0.5, 0.6) is 0 Å². The SMILES string of the molecule is CN(C)c1ccc(-n2cnc(NC(=O)c3ccccc3)n2)cc1. The maximum atomic E-state index is 12.1. The van der Waals surface area contributed by atoms with Gasteiger partial charge >= 0.3 is 0 Å². The minimum absolute atomic E-state index is 0.230. The Morgan fingerprint density at radius 2 is 1.74 bits per heavy atom. The largest absolute Gasteiger partial charge is 0.378 e. The Kier molecular flexibility index (Phi) is 4.05. The summed E-state index contributed by atoms with van der Waals surface area (Å²) in [7, 11) is 3.98. The van der Waals surface area contributed by atoms with E-state index in [2.05, 4.69) is 15.4 Å². The standard InChI is InChI=1S/C17H17N5O/c1-21(2)14-8-10-15(11-9-14)22-12-18-17(20-22)19-16(23)13-6-4-3-5-7-13/h3-12H,1-2H3,(H,19,20,23). The molecule has 1 N–H and O–H groups in total. The van der Waals surface area contributed by atoms with Crippen LogP contribution in [0.25, 0.3) is 5.69 Å². The second-order valence-corrected chi connectivity index (χ2v) is 5.24. The van der Waals surface area contributed by atoms with Crippen LogP contribution in [-0.2, 0) is 0 Å². The van der Waals surface area contributed by atoms with Gasteiger partial charge in [0, 0.05) is 25.3 Å². The molecule has 116 valence electrons. The molecule has 0 radical (unpaired) electrons. The molecule has 0 unspecified atom stereocenters. The van der Waals surface area contributed by atoms with E-state index in [-0.39, 0.29) is 11.9 Å². The van der Waals surface area contributed by atoms with Gasteiger partial charge in [-0.1, -0.05) is 18.2 Å². The molecule has 3 aromatic rings. The van der Waals surface area contributed by atoms with Gasteiger partial charge in [0.15, 0.2) is 0 Å². The van der Waals surface area contributed by atoms with Crippen LogP contribution >= 0.6 is 0 Å². The molecule has 6 nitrogen and oxygen atoms in total. The van der Waals surface area contributed by atoms with Crippen molar-refractivity contribution in [1.29, 1.82) is 0 Å². The molecule has 23 heavy (non-hydrogen) atoms. The zero-order chi connectivity index (χ0) is 16.2. The normalized spacial score (nSPS) is 10.3. The lowest BCUT2D eigenvalue weighted by atomic mass is 10.2. The van der Waals surface area contributed by atoms with Crippen LogP contribution < -0.4 is 10.2 Å². The molecular weight excluding hydrogens is 290 g/mol. The molecule has 2 aromatic carbocycles. The van der Waals surface area contributed by atoms with Gasteiger partial charge in [-0.25, -0.2) is 4.68 Å². The molecular formula is C17H17N5O. The van der Waals surface area contributed by atoms with E-state index in [0.717, 1.165) is 11.4 Å². The van der Waals surface area contributed by atoms with Gasteiger partial charge in [0.25, 0.3) is 5.91 Å². The molecule has 1 amide bonds. The summed E-state index contributed by atoms with van der Waals surface area (Å²) in [4.78, 5) is 18.2. The van der Waals surface area contributed by atoms with Gasteiger partial charge in [-0.2, -0.15) is 4.98 Å². The fraction of sp³-hybridized carbons (Fsp3) is 0.118. The van der Waals surface area contributed by atoms with Gasteiger partial charge in [-0.15, -0.1) is 5.10 Å². The molecule has 0 saturated heterocycles. The van der Waals surface area contributed by atoms with Crippen molar-refractivity contribution in [2.24, 2.45) is 0 Å². The number of hydrogen-bond acceptors (Lipinski definition) is 4. The highest BCUT2D eigenvalue weighted by Crippen LogP contribution is 2.15. The van der Waals surface area contributed by atoms with Crippen molar-refractivity contribution >= 4 is 17.5 Å². The Morgan fingerprint density at radius 1 is 1.04 bits per heavy atom. The highest BCUT2D eigenvalue weighted by molar-refractivity contribution is 6.03. The zero-order valence-electron chi connectivity index (χ0n) is 13.0. The predicted octanol–water partition coefficient (Wildman–Crippen LogP) is 2.59. The Labute approximate surface area is 134 Å². The lowest BCUT2D eigenvalue weighted by molar-refractivity contribution is 0.102. The number of hydrogen-bond donors (Lipinski definition) is 1. The first-order valence-electron chi connectivity index (χ1n) is 7.19. The van der Waals surface area contributed by atoms with Crippen LogP contribution in [0, 0.1) is 0 Å². The summed E-state index contributed by atoms with van der Waals surface area (Å²) in [6.45, 7) is 0. The molecule has 0 fully saturated rings. The number of aromatic nitrogens is 3. The summed E-state index contributed by atoms with van der Waals surface area (Å²) in [5.74, 6) is 0.0434. The summed E-state index contributed by atoms with van der Waals surface area (Å²) < 4.78 is 1.63. The molecule has 1 heterocycles. The minimum Gasteiger partial charge on any atom is -0.378 e. The second kappa shape index (κ2) is 6.31. The molecule has 6 heteroatoms. The van der Waals surface area contributed by atoms with Crippen LogP contribution in [0.1, 0.15) is 10.4 Å². The van der Waals surface area contributed by atoms with Crippen LogP contribution in [0.3, 0.4) is 0 Å². The van der Waals surface area contributed by atoms with Gasteiger partial charge in [0.05, 0.1) is 5.69 Å². The Morgan fingerprint density at radius 3 is 2.39 bits per heavy atom. The average Bonchev–Trinajstić information content (AvgIpc) is 3.04. The first-order valence-corrected chi connectivity index (χ1v) is 7.19. The van der Waals surface area contributed by atoms with Crippen molar-refractivity contribution in [2.75, 3.05) is 24.3 Å². The van der Waals surface area contributed by atoms with E-state index in [0.29, 0.717) is 5.56 Å². The molecule has 0 spiro atoms. The highest BCUT2D eigenvalue weighted by Gasteiger charge is 2.09. The maximum Gasteiger partial charge on any atom is 0.258 e. The quantitative estimate of drug-likeness (QED) is 0.804. The summed E-state index contributed by atoms with van der Waals surface area (Å²) in [6.07, 6.45) is 1.57. The monoisotopic (exact) mass is 307 g/mol. The summed E-state index contributed by atoms with van der Waals surface area (Å²) >= 11 is 0. The van der Waals surface area contributed by atoms with Crippen molar-refractivity contribution in [3.8, 4) is 5.69 Å². The van der Waals surface area contributed by atoms with Crippen molar-refractivity contribution in [1.82, 2.24) is 14.8 Å². The zero-order valence-corrected chi connectivity index (χ0v) is 13.0. The van der Waals surface area contributed by atoms with Gasteiger partial charge in [-0.05, 0) is 36.4 Å². The van der Waals surface area contributed by atoms with E-state index in [1.54, 1.807) is 23.1 Å². The number of carbonyl (C=O) groups is 1. The molecule has 1 aromatic heterocycles. The molecule has 0 saturated carbocycles. The molecule has 0 aliphatic rings. The summed E-state index contributed by atoms with van der Waals surface area (Å²) in [6, 6.07) is 16.9. The topological polar surface area (TPSA) is 63.1 Å². The third-order valence-corrected chi connectivity index (χ3v) is 3.38. The Bertz CT molecular complexity index is 793. The van der Waals surface area contributed by atoms with Crippen LogP contribution in [0.2, 0.25) is 0 Å². The molecule has 0 aliphatic heterocycles. The molecule has 0 aliphatic carbocycles. The lowest BCUT2D eigenvalue weighted by Gasteiger charge is -2.12. The lowest BCUT2D eigenvalue weighted by Crippen LogP contribution is -2.13. The molecule has 0 bridgehead atoms. The van der Waals surface area contributed by atoms with Crippen LogP contribution in [0.15, 0.2) is 60.9 Å². The predicted molar refractivity (Wildman–Crippen MR) is 90.1 cm³/mol.